The number of carbonyl (C=O) groups excluding carboxylic acids is 2. The number of amides is 2. The molecule has 2 aliphatic heterocycles. The van der Waals surface area contributed by atoms with Crippen molar-refractivity contribution in [2.75, 3.05) is 33.3 Å². The van der Waals surface area contributed by atoms with Crippen LogP contribution < -0.4 is 5.32 Å². The van der Waals surface area contributed by atoms with Crippen LogP contribution in [-0.2, 0) is 14.3 Å². The Morgan fingerprint density at radius 2 is 2.07 bits per heavy atom. The van der Waals surface area contributed by atoms with Crippen LogP contribution >= 0.6 is 0 Å². The number of piperidine rings is 1. The summed E-state index contributed by atoms with van der Waals surface area (Å²) < 4.78 is 5.83. The van der Waals surface area contributed by atoms with Crippen LogP contribution in [0.2, 0.25) is 0 Å². The molecule has 3 fully saturated rings. The Hall–Kier alpha value is -1.99. The maximum Gasteiger partial charge on any atom is 0.254 e. The van der Waals surface area contributed by atoms with Crippen molar-refractivity contribution in [2.24, 2.45) is 5.92 Å². The van der Waals surface area contributed by atoms with Crippen LogP contribution in [0.25, 0.3) is 0 Å². The van der Waals surface area contributed by atoms with Gasteiger partial charge in [0, 0.05) is 31.5 Å². The number of likely N-dealkylation sites (tertiary alicyclic amines) is 1. The predicted molar refractivity (Wildman–Crippen MR) is 99.8 cm³/mol. The SMILES string of the molecule is CNCC1CCN(C(=O)C2OCC(=O)N(C3CC3)C2c2cccnc2)CC1. The third-order valence-corrected chi connectivity index (χ3v) is 5.89. The first kappa shape index (κ1) is 18.4. The minimum Gasteiger partial charge on any atom is -0.356 e. The summed E-state index contributed by atoms with van der Waals surface area (Å²) >= 11 is 0. The highest BCUT2D eigenvalue weighted by Gasteiger charge is 2.48. The number of pyridine rings is 1. The van der Waals surface area contributed by atoms with Crippen molar-refractivity contribution in [3.8, 4) is 0 Å². The first-order chi connectivity index (χ1) is 13.2. The van der Waals surface area contributed by atoms with Crippen molar-refractivity contribution >= 4 is 11.8 Å². The predicted octanol–water partition coefficient (Wildman–Crippen LogP) is 0.971. The summed E-state index contributed by atoms with van der Waals surface area (Å²) in [5.41, 5.74) is 0.876. The number of ether oxygens (including phenoxy) is 1. The fourth-order valence-electron chi connectivity index (χ4n) is 4.33. The average molecular weight is 372 g/mol. The fraction of sp³-hybridized carbons (Fsp3) is 0.650. The molecule has 2 amide bonds. The first-order valence-corrected chi connectivity index (χ1v) is 9.95. The lowest BCUT2D eigenvalue weighted by molar-refractivity contribution is -0.171. The summed E-state index contributed by atoms with van der Waals surface area (Å²) in [5.74, 6) is 0.595. The lowest BCUT2D eigenvalue weighted by Crippen LogP contribution is -2.56. The molecule has 0 bridgehead atoms. The van der Waals surface area contributed by atoms with Gasteiger partial charge < -0.3 is 19.9 Å². The van der Waals surface area contributed by atoms with Crippen molar-refractivity contribution in [2.45, 2.75) is 43.9 Å². The highest BCUT2D eigenvalue weighted by Crippen LogP contribution is 2.40. The second-order valence-electron chi connectivity index (χ2n) is 7.82. The van der Waals surface area contributed by atoms with E-state index in [-0.39, 0.29) is 30.5 Å². The number of hydrogen-bond donors (Lipinski definition) is 1. The zero-order valence-corrected chi connectivity index (χ0v) is 15.8. The summed E-state index contributed by atoms with van der Waals surface area (Å²) in [7, 11) is 1.97. The van der Waals surface area contributed by atoms with Gasteiger partial charge in [-0.3, -0.25) is 14.6 Å². The van der Waals surface area contributed by atoms with Crippen LogP contribution in [0.1, 0.15) is 37.3 Å². The molecule has 146 valence electrons. The van der Waals surface area contributed by atoms with Gasteiger partial charge in [0.25, 0.3) is 5.91 Å². The van der Waals surface area contributed by atoms with Gasteiger partial charge in [-0.05, 0) is 56.8 Å². The Morgan fingerprint density at radius 1 is 1.30 bits per heavy atom. The van der Waals surface area contributed by atoms with E-state index in [1.54, 1.807) is 12.4 Å². The normalized spacial score (nSPS) is 27.1. The van der Waals surface area contributed by atoms with Gasteiger partial charge in [-0.15, -0.1) is 0 Å². The number of carbonyl (C=O) groups is 2. The molecule has 0 spiro atoms. The quantitative estimate of drug-likeness (QED) is 0.834. The van der Waals surface area contributed by atoms with Crippen LogP contribution in [0.5, 0.6) is 0 Å². The zero-order valence-electron chi connectivity index (χ0n) is 15.8. The molecule has 0 radical (unpaired) electrons. The highest BCUT2D eigenvalue weighted by molar-refractivity contribution is 5.87. The summed E-state index contributed by atoms with van der Waals surface area (Å²) in [6, 6.07) is 3.64. The van der Waals surface area contributed by atoms with Crippen molar-refractivity contribution < 1.29 is 14.3 Å². The highest BCUT2D eigenvalue weighted by atomic mass is 16.5. The minimum absolute atomic E-state index is 0.00455. The molecule has 3 aliphatic rings. The maximum absolute atomic E-state index is 13.3. The minimum atomic E-state index is -0.645. The van der Waals surface area contributed by atoms with Gasteiger partial charge >= 0.3 is 0 Å². The molecule has 7 nitrogen and oxygen atoms in total. The van der Waals surface area contributed by atoms with Crippen LogP contribution in [0, 0.1) is 5.92 Å². The lowest BCUT2D eigenvalue weighted by atomic mass is 9.94. The van der Waals surface area contributed by atoms with E-state index in [1.165, 1.54) is 0 Å². The monoisotopic (exact) mass is 372 g/mol. The Balaban J connectivity index is 1.54. The largest absolute Gasteiger partial charge is 0.356 e. The third-order valence-electron chi connectivity index (χ3n) is 5.89. The van der Waals surface area contributed by atoms with E-state index in [9.17, 15) is 9.59 Å². The van der Waals surface area contributed by atoms with Crippen molar-refractivity contribution in [1.82, 2.24) is 20.1 Å². The number of morpholine rings is 1. The number of aromatic nitrogens is 1. The number of nitrogens with one attached hydrogen (secondary N) is 1. The number of nitrogens with zero attached hydrogens (tertiary/aromatic N) is 3. The van der Waals surface area contributed by atoms with Gasteiger partial charge in [-0.1, -0.05) is 6.07 Å². The van der Waals surface area contributed by atoms with E-state index < -0.39 is 6.10 Å². The fourth-order valence-corrected chi connectivity index (χ4v) is 4.33. The van der Waals surface area contributed by atoms with E-state index in [0.29, 0.717) is 5.92 Å². The summed E-state index contributed by atoms with van der Waals surface area (Å²) in [6.07, 6.45) is 6.82. The molecule has 2 atom stereocenters. The van der Waals surface area contributed by atoms with E-state index in [4.69, 9.17) is 4.74 Å². The van der Waals surface area contributed by atoms with Crippen LogP contribution in [0.3, 0.4) is 0 Å². The topological polar surface area (TPSA) is 74.8 Å². The standard InChI is InChI=1S/C20H28N4O3/c1-21-11-14-6-9-23(10-7-14)20(26)19-18(15-3-2-8-22-12-15)24(16-4-5-16)17(25)13-27-19/h2-3,8,12,14,16,18-19,21H,4-7,9-11,13H2,1H3. The van der Waals surface area contributed by atoms with Crippen molar-refractivity contribution in [3.05, 3.63) is 30.1 Å². The summed E-state index contributed by atoms with van der Waals surface area (Å²) in [4.78, 5) is 33.9. The molecule has 1 N–H and O–H groups in total. The van der Waals surface area contributed by atoms with Gasteiger partial charge in [0.15, 0.2) is 6.10 Å². The molecule has 2 saturated heterocycles. The molecule has 1 saturated carbocycles. The van der Waals surface area contributed by atoms with E-state index in [1.807, 2.05) is 29.0 Å². The molecule has 2 unspecified atom stereocenters. The molecule has 4 rings (SSSR count). The molecule has 1 aliphatic carbocycles. The lowest BCUT2D eigenvalue weighted by Gasteiger charge is -2.43. The van der Waals surface area contributed by atoms with Gasteiger partial charge in [0.05, 0.1) is 6.04 Å². The molecule has 3 heterocycles. The Kier molecular flexibility index (Phi) is 5.41. The zero-order chi connectivity index (χ0) is 18.8. The summed E-state index contributed by atoms with van der Waals surface area (Å²) in [6.45, 7) is 2.48. The molecule has 0 aromatic carbocycles. The maximum atomic E-state index is 13.3. The third kappa shape index (κ3) is 3.84. The molecule has 7 heteroatoms. The Bertz CT molecular complexity index is 671. The smallest absolute Gasteiger partial charge is 0.254 e. The van der Waals surface area contributed by atoms with Crippen LogP contribution in [0.4, 0.5) is 0 Å². The Morgan fingerprint density at radius 3 is 2.70 bits per heavy atom. The van der Waals surface area contributed by atoms with Crippen LogP contribution in [-0.4, -0.2) is 72.0 Å². The van der Waals surface area contributed by atoms with Crippen molar-refractivity contribution in [3.63, 3.8) is 0 Å². The Labute approximate surface area is 160 Å². The first-order valence-electron chi connectivity index (χ1n) is 9.95. The van der Waals surface area contributed by atoms with Gasteiger partial charge in [0.1, 0.15) is 6.61 Å². The molecule has 1 aromatic rings. The molecule has 27 heavy (non-hydrogen) atoms. The van der Waals surface area contributed by atoms with Gasteiger partial charge in [-0.2, -0.15) is 0 Å². The van der Waals surface area contributed by atoms with Gasteiger partial charge in [0.2, 0.25) is 5.91 Å². The average Bonchev–Trinajstić information content (AvgIpc) is 3.54. The van der Waals surface area contributed by atoms with E-state index in [0.717, 1.165) is 50.9 Å². The molecular weight excluding hydrogens is 344 g/mol. The number of rotatable bonds is 5. The second-order valence-corrected chi connectivity index (χ2v) is 7.82. The molecular formula is C20H28N4O3. The van der Waals surface area contributed by atoms with Gasteiger partial charge in [-0.25, -0.2) is 0 Å². The second kappa shape index (κ2) is 7.94. The molecule has 1 aromatic heterocycles. The van der Waals surface area contributed by atoms with E-state index >= 15 is 0 Å². The van der Waals surface area contributed by atoms with Crippen LogP contribution in [0.15, 0.2) is 24.5 Å². The summed E-state index contributed by atoms with van der Waals surface area (Å²) in [5, 5.41) is 3.22. The van der Waals surface area contributed by atoms with E-state index in [2.05, 4.69) is 10.3 Å². The van der Waals surface area contributed by atoms with Crippen molar-refractivity contribution in [1.29, 1.82) is 0 Å². The number of hydrogen-bond acceptors (Lipinski definition) is 5.